The zero-order valence-electron chi connectivity index (χ0n) is 6.86. The number of rotatable bonds is 1. The van der Waals surface area contributed by atoms with E-state index in [-0.39, 0.29) is 5.00 Å². The van der Waals surface area contributed by atoms with Crippen LogP contribution in [0.1, 0.15) is 0 Å². The summed E-state index contributed by atoms with van der Waals surface area (Å²) in [4.78, 5) is 10.2. The highest BCUT2D eigenvalue weighted by Crippen LogP contribution is 2.43. The van der Waals surface area contributed by atoms with Crippen molar-refractivity contribution in [2.45, 2.75) is 0 Å². The van der Waals surface area contributed by atoms with E-state index in [1.54, 1.807) is 12.1 Å². The summed E-state index contributed by atoms with van der Waals surface area (Å²) in [6.45, 7) is 0. The van der Waals surface area contributed by atoms with Crippen LogP contribution in [0.5, 0.6) is 0 Å². The zero-order chi connectivity index (χ0) is 10.3. The fourth-order valence-corrected chi connectivity index (χ4v) is 3.15. The fraction of sp³-hybridized carbons (Fsp3) is 0. The van der Waals surface area contributed by atoms with E-state index in [9.17, 15) is 10.1 Å². The summed E-state index contributed by atoms with van der Waals surface area (Å²) < 4.78 is 1.30. The molecule has 0 spiro atoms. The van der Waals surface area contributed by atoms with E-state index in [0.29, 0.717) is 10.2 Å². The quantitative estimate of drug-likeness (QED) is 0.493. The highest BCUT2D eigenvalue weighted by atomic mass is 79.9. The molecule has 1 aromatic heterocycles. The lowest BCUT2D eigenvalue weighted by atomic mass is 10.2. The van der Waals surface area contributed by atoms with Crippen molar-refractivity contribution in [3.05, 3.63) is 32.8 Å². The third kappa shape index (κ3) is 1.27. The number of nitrogens with zero attached hydrogens (tertiary/aromatic N) is 1. The molecule has 0 radical (unpaired) electrons. The molecule has 4 nitrogen and oxygen atoms in total. The smallest absolute Gasteiger partial charge is 0.339 e. The molecule has 2 N–H and O–H groups in total. The van der Waals surface area contributed by atoms with Gasteiger partial charge >= 0.3 is 5.00 Å². The van der Waals surface area contributed by atoms with Crippen LogP contribution in [0.15, 0.2) is 22.7 Å². The molecule has 72 valence electrons. The molecule has 0 saturated heterocycles. The van der Waals surface area contributed by atoms with Gasteiger partial charge in [0.1, 0.15) is 4.47 Å². The molecule has 0 fully saturated rings. The number of benzene rings is 1. The molecular weight excluding hydrogens is 268 g/mol. The number of nitrogens with two attached hydrogens (primary N) is 1. The summed E-state index contributed by atoms with van der Waals surface area (Å²) in [5.41, 5.74) is 6.28. The molecule has 0 aliphatic heterocycles. The standard InChI is InChI=1S/C8H5BrN2O2S/c9-7-6-4(10)2-1-3-5(6)14-8(7)11(12)13/h1-3H,10H2. The van der Waals surface area contributed by atoms with Gasteiger partial charge in [0.15, 0.2) is 0 Å². The predicted molar refractivity (Wildman–Crippen MR) is 60.6 cm³/mol. The molecule has 0 saturated carbocycles. The third-order valence-corrected chi connectivity index (χ3v) is 3.98. The van der Waals surface area contributed by atoms with Crippen molar-refractivity contribution in [1.29, 1.82) is 0 Å². The number of nitro groups is 1. The largest absolute Gasteiger partial charge is 0.398 e. The van der Waals surface area contributed by atoms with E-state index in [0.717, 1.165) is 21.4 Å². The molecule has 2 rings (SSSR count). The van der Waals surface area contributed by atoms with Crippen LogP contribution in [0, 0.1) is 10.1 Å². The minimum atomic E-state index is -0.409. The molecular formula is C8H5BrN2O2S. The summed E-state index contributed by atoms with van der Waals surface area (Å²) in [6, 6.07) is 5.32. The highest BCUT2D eigenvalue weighted by molar-refractivity contribution is 9.10. The monoisotopic (exact) mass is 272 g/mol. The van der Waals surface area contributed by atoms with E-state index in [2.05, 4.69) is 15.9 Å². The Morgan fingerprint density at radius 1 is 1.50 bits per heavy atom. The second-order valence-electron chi connectivity index (χ2n) is 2.70. The SMILES string of the molecule is Nc1cccc2sc([N+](=O)[O-])c(Br)c12. The van der Waals surface area contributed by atoms with E-state index in [1.807, 2.05) is 6.07 Å². The minimum Gasteiger partial charge on any atom is -0.398 e. The number of fused-ring (bicyclic) bond motifs is 1. The van der Waals surface area contributed by atoms with Crippen LogP contribution < -0.4 is 5.73 Å². The van der Waals surface area contributed by atoms with Gasteiger partial charge < -0.3 is 5.73 Å². The summed E-state index contributed by atoms with van der Waals surface area (Å²) >= 11 is 4.31. The second-order valence-corrected chi connectivity index (χ2v) is 4.52. The molecule has 0 aliphatic rings. The summed E-state index contributed by atoms with van der Waals surface area (Å²) in [6.07, 6.45) is 0. The maximum absolute atomic E-state index is 10.6. The van der Waals surface area contributed by atoms with Crippen LogP contribution in [-0.4, -0.2) is 4.92 Å². The molecule has 2 aromatic rings. The van der Waals surface area contributed by atoms with Crippen molar-refractivity contribution in [2.75, 3.05) is 5.73 Å². The van der Waals surface area contributed by atoms with Gasteiger partial charge in [0.05, 0.1) is 4.92 Å². The zero-order valence-corrected chi connectivity index (χ0v) is 9.26. The first kappa shape index (κ1) is 9.42. The van der Waals surface area contributed by atoms with Crippen LogP contribution in [0.3, 0.4) is 0 Å². The van der Waals surface area contributed by atoms with Crippen LogP contribution in [0.2, 0.25) is 0 Å². The van der Waals surface area contributed by atoms with Crippen molar-refractivity contribution in [3.63, 3.8) is 0 Å². The molecule has 0 aliphatic carbocycles. The van der Waals surface area contributed by atoms with Crippen LogP contribution >= 0.6 is 27.3 Å². The molecule has 0 amide bonds. The van der Waals surface area contributed by atoms with Gasteiger partial charge in [0, 0.05) is 15.8 Å². The van der Waals surface area contributed by atoms with Crippen molar-refractivity contribution < 1.29 is 4.92 Å². The molecule has 0 atom stereocenters. The number of thiophene rings is 1. The summed E-state index contributed by atoms with van der Waals surface area (Å²) in [7, 11) is 0. The number of nitrogen functional groups attached to an aromatic ring is 1. The van der Waals surface area contributed by atoms with Crippen LogP contribution in [-0.2, 0) is 0 Å². The molecule has 1 heterocycles. The lowest BCUT2D eigenvalue weighted by Crippen LogP contribution is -1.86. The first-order valence-electron chi connectivity index (χ1n) is 3.72. The summed E-state index contributed by atoms with van der Waals surface area (Å²) in [5.74, 6) is 0. The highest BCUT2D eigenvalue weighted by Gasteiger charge is 2.20. The average molecular weight is 273 g/mol. The van der Waals surface area contributed by atoms with Gasteiger partial charge in [-0.3, -0.25) is 10.1 Å². The molecule has 6 heteroatoms. The number of hydrogen-bond acceptors (Lipinski definition) is 4. The van der Waals surface area contributed by atoms with Crippen LogP contribution in [0.4, 0.5) is 10.7 Å². The number of halogens is 1. The van der Waals surface area contributed by atoms with Gasteiger partial charge in [-0.25, -0.2) is 0 Å². The second kappa shape index (κ2) is 3.21. The Kier molecular flexibility index (Phi) is 2.16. The van der Waals surface area contributed by atoms with Crippen molar-refractivity contribution in [3.8, 4) is 0 Å². The maximum Gasteiger partial charge on any atom is 0.339 e. The maximum atomic E-state index is 10.6. The lowest BCUT2D eigenvalue weighted by molar-refractivity contribution is -0.380. The minimum absolute atomic E-state index is 0.0953. The summed E-state index contributed by atoms with van der Waals surface area (Å²) in [5, 5.41) is 11.5. The Bertz CT molecular complexity index is 523. The predicted octanol–water partition coefficient (Wildman–Crippen LogP) is 3.15. The van der Waals surface area contributed by atoms with Gasteiger partial charge in [-0.2, -0.15) is 0 Å². The van der Waals surface area contributed by atoms with Crippen molar-refractivity contribution in [2.24, 2.45) is 0 Å². The van der Waals surface area contributed by atoms with E-state index in [1.165, 1.54) is 0 Å². The fourth-order valence-electron chi connectivity index (χ4n) is 1.24. The van der Waals surface area contributed by atoms with E-state index < -0.39 is 4.92 Å². The van der Waals surface area contributed by atoms with E-state index >= 15 is 0 Å². The van der Waals surface area contributed by atoms with Gasteiger partial charge in [-0.15, -0.1) is 0 Å². The number of anilines is 1. The number of hydrogen-bond donors (Lipinski definition) is 1. The molecule has 1 aromatic carbocycles. The lowest BCUT2D eigenvalue weighted by Gasteiger charge is -1.94. The first-order valence-corrected chi connectivity index (χ1v) is 5.33. The average Bonchev–Trinajstić information content (AvgIpc) is 2.45. The van der Waals surface area contributed by atoms with Crippen molar-refractivity contribution in [1.82, 2.24) is 0 Å². The van der Waals surface area contributed by atoms with Gasteiger partial charge in [0.2, 0.25) is 0 Å². The Labute approximate surface area is 91.6 Å². The Morgan fingerprint density at radius 3 is 2.79 bits per heavy atom. The van der Waals surface area contributed by atoms with Gasteiger partial charge in [-0.05, 0) is 28.1 Å². The molecule has 0 unspecified atom stereocenters. The Hall–Kier alpha value is -1.14. The van der Waals surface area contributed by atoms with Crippen molar-refractivity contribution >= 4 is 48.0 Å². The van der Waals surface area contributed by atoms with Crippen LogP contribution in [0.25, 0.3) is 10.1 Å². The third-order valence-electron chi connectivity index (χ3n) is 1.84. The normalized spacial score (nSPS) is 10.6. The first-order chi connectivity index (χ1) is 6.61. The van der Waals surface area contributed by atoms with Gasteiger partial charge in [-0.1, -0.05) is 17.4 Å². The molecule has 0 bridgehead atoms. The topological polar surface area (TPSA) is 69.2 Å². The Balaban J connectivity index is 2.87. The Morgan fingerprint density at radius 2 is 2.21 bits per heavy atom. The molecule has 14 heavy (non-hydrogen) atoms. The van der Waals surface area contributed by atoms with Gasteiger partial charge in [0.25, 0.3) is 0 Å². The van der Waals surface area contributed by atoms with E-state index in [4.69, 9.17) is 5.73 Å².